The third-order valence-corrected chi connectivity index (χ3v) is 3.22. The smallest absolute Gasteiger partial charge is 0.0184 e. The average Bonchev–Trinajstić information content (AvgIpc) is 2.61. The summed E-state index contributed by atoms with van der Waals surface area (Å²) in [5, 5.41) is 0. The lowest BCUT2D eigenvalue weighted by Gasteiger charge is -2.08. The molecule has 0 unspecified atom stereocenters. The van der Waals surface area contributed by atoms with E-state index in [0.717, 1.165) is 6.42 Å². The molecular formula is C13H15Br. The van der Waals surface area contributed by atoms with Gasteiger partial charge in [-0.15, -0.1) is 0 Å². The Kier molecular flexibility index (Phi) is 3.07. The van der Waals surface area contributed by atoms with E-state index in [1.54, 1.807) is 5.56 Å². The van der Waals surface area contributed by atoms with Crippen molar-refractivity contribution in [1.29, 1.82) is 0 Å². The maximum atomic E-state index is 3.57. The van der Waals surface area contributed by atoms with Gasteiger partial charge in [0, 0.05) is 4.47 Å². The Morgan fingerprint density at radius 1 is 1.36 bits per heavy atom. The molecule has 0 amide bonds. The normalized spacial score (nSPS) is 13.3. The van der Waals surface area contributed by atoms with Crippen LogP contribution in [0.1, 0.15) is 36.5 Å². The first kappa shape index (κ1) is 9.97. The number of halogens is 1. The molecule has 0 heterocycles. The lowest BCUT2D eigenvalue weighted by molar-refractivity contribution is 0.789. The topological polar surface area (TPSA) is 0 Å². The molecule has 0 nitrogen and oxygen atoms in total. The molecule has 1 aromatic rings. The predicted octanol–water partition coefficient (Wildman–Crippen LogP) is 4.36. The van der Waals surface area contributed by atoms with Gasteiger partial charge in [-0.2, -0.15) is 0 Å². The number of rotatable bonds is 3. The monoisotopic (exact) mass is 250 g/mol. The highest BCUT2D eigenvalue weighted by Gasteiger charge is 2.10. The van der Waals surface area contributed by atoms with Gasteiger partial charge < -0.3 is 0 Å². The summed E-state index contributed by atoms with van der Waals surface area (Å²) in [6.45, 7) is 2.25. The first-order valence-electron chi connectivity index (χ1n) is 5.29. The van der Waals surface area contributed by atoms with E-state index in [4.69, 9.17) is 0 Å². The summed E-state index contributed by atoms with van der Waals surface area (Å²) < 4.78 is 1.22. The van der Waals surface area contributed by atoms with E-state index in [2.05, 4.69) is 47.1 Å². The lowest BCUT2D eigenvalue weighted by atomic mass is 9.98. The number of benzene rings is 1. The molecule has 0 aliphatic heterocycles. The number of hydrogen-bond donors (Lipinski definition) is 0. The van der Waals surface area contributed by atoms with Gasteiger partial charge >= 0.3 is 0 Å². The van der Waals surface area contributed by atoms with Crippen molar-refractivity contribution in [3.05, 3.63) is 39.4 Å². The average molecular weight is 251 g/mol. The Balaban J connectivity index is 2.31. The maximum absolute atomic E-state index is 3.57. The van der Waals surface area contributed by atoms with Crippen LogP contribution in [0.3, 0.4) is 0 Å². The van der Waals surface area contributed by atoms with E-state index >= 15 is 0 Å². The fourth-order valence-corrected chi connectivity index (χ4v) is 2.53. The molecule has 74 valence electrons. The van der Waals surface area contributed by atoms with Crippen LogP contribution in [0.4, 0.5) is 0 Å². The van der Waals surface area contributed by atoms with Crippen LogP contribution in [0.15, 0.2) is 22.7 Å². The highest BCUT2D eigenvalue weighted by molar-refractivity contribution is 9.10. The standard InChI is InChI=1S/C13H15Br/c1-2-3-5-10-8-12(14)9-11-6-4-7-13(10)11/h4,6,8-9H,2-3,5,7H2,1H3. The molecule has 0 saturated heterocycles. The molecule has 14 heavy (non-hydrogen) atoms. The fourth-order valence-electron chi connectivity index (χ4n) is 2.01. The molecule has 1 aliphatic carbocycles. The molecule has 0 radical (unpaired) electrons. The lowest BCUT2D eigenvalue weighted by Crippen LogP contribution is -1.94. The molecule has 0 spiro atoms. The van der Waals surface area contributed by atoms with Crippen LogP contribution in [0, 0.1) is 0 Å². The Bertz CT molecular complexity index is 364. The van der Waals surface area contributed by atoms with Crippen molar-refractivity contribution in [2.24, 2.45) is 0 Å². The van der Waals surface area contributed by atoms with Gasteiger partial charge in [-0.05, 0) is 48.1 Å². The van der Waals surface area contributed by atoms with E-state index < -0.39 is 0 Å². The first-order chi connectivity index (χ1) is 6.81. The molecule has 0 N–H and O–H groups in total. The number of aryl methyl sites for hydroxylation is 1. The zero-order valence-electron chi connectivity index (χ0n) is 8.52. The molecule has 0 aromatic heterocycles. The highest BCUT2D eigenvalue weighted by atomic mass is 79.9. The number of hydrogen-bond acceptors (Lipinski definition) is 0. The highest BCUT2D eigenvalue weighted by Crippen LogP contribution is 2.28. The summed E-state index contributed by atoms with van der Waals surface area (Å²) in [5.74, 6) is 0. The second-order valence-electron chi connectivity index (χ2n) is 3.84. The van der Waals surface area contributed by atoms with Crippen LogP contribution in [-0.2, 0) is 12.8 Å². The van der Waals surface area contributed by atoms with E-state index in [1.165, 1.54) is 34.9 Å². The van der Waals surface area contributed by atoms with Gasteiger partial charge in [-0.25, -0.2) is 0 Å². The number of fused-ring (bicyclic) bond motifs is 1. The van der Waals surface area contributed by atoms with Crippen molar-refractivity contribution >= 4 is 22.0 Å². The fraction of sp³-hybridized carbons (Fsp3) is 0.385. The Morgan fingerprint density at radius 3 is 3.00 bits per heavy atom. The van der Waals surface area contributed by atoms with Gasteiger partial charge in [0.25, 0.3) is 0 Å². The van der Waals surface area contributed by atoms with Gasteiger partial charge in [0.15, 0.2) is 0 Å². The van der Waals surface area contributed by atoms with Crippen molar-refractivity contribution < 1.29 is 0 Å². The van der Waals surface area contributed by atoms with Crippen molar-refractivity contribution in [3.8, 4) is 0 Å². The minimum atomic E-state index is 1.13. The summed E-state index contributed by atoms with van der Waals surface area (Å²) in [4.78, 5) is 0. The second-order valence-corrected chi connectivity index (χ2v) is 4.76. The third-order valence-electron chi connectivity index (χ3n) is 2.76. The SMILES string of the molecule is CCCCc1cc(Br)cc2c1CC=C2. The number of unbranched alkanes of at least 4 members (excludes halogenated alkanes) is 1. The van der Waals surface area contributed by atoms with Crippen LogP contribution in [0.2, 0.25) is 0 Å². The van der Waals surface area contributed by atoms with Gasteiger partial charge in [0.2, 0.25) is 0 Å². The molecule has 0 fully saturated rings. The van der Waals surface area contributed by atoms with Gasteiger partial charge in [-0.1, -0.05) is 41.4 Å². The van der Waals surface area contributed by atoms with Crippen LogP contribution >= 0.6 is 15.9 Å². The summed E-state index contributed by atoms with van der Waals surface area (Å²) in [6.07, 6.45) is 9.40. The Morgan fingerprint density at radius 2 is 2.21 bits per heavy atom. The van der Waals surface area contributed by atoms with Crippen molar-refractivity contribution in [1.82, 2.24) is 0 Å². The van der Waals surface area contributed by atoms with Gasteiger partial charge in [-0.3, -0.25) is 0 Å². The largest absolute Gasteiger partial charge is 0.0795 e. The van der Waals surface area contributed by atoms with Gasteiger partial charge in [0.1, 0.15) is 0 Å². The van der Waals surface area contributed by atoms with Crippen LogP contribution in [-0.4, -0.2) is 0 Å². The molecule has 0 atom stereocenters. The second kappa shape index (κ2) is 4.31. The van der Waals surface area contributed by atoms with Crippen molar-refractivity contribution in [2.75, 3.05) is 0 Å². The molecule has 1 aliphatic rings. The third kappa shape index (κ3) is 1.93. The molecular weight excluding hydrogens is 236 g/mol. The van der Waals surface area contributed by atoms with E-state index in [1.807, 2.05) is 0 Å². The predicted molar refractivity (Wildman–Crippen MR) is 65.5 cm³/mol. The first-order valence-corrected chi connectivity index (χ1v) is 6.08. The zero-order valence-corrected chi connectivity index (χ0v) is 10.1. The van der Waals surface area contributed by atoms with Crippen LogP contribution < -0.4 is 0 Å². The minimum absolute atomic E-state index is 1.13. The maximum Gasteiger partial charge on any atom is 0.0184 e. The van der Waals surface area contributed by atoms with Crippen LogP contribution in [0.5, 0.6) is 0 Å². The van der Waals surface area contributed by atoms with E-state index in [-0.39, 0.29) is 0 Å². The summed E-state index contributed by atoms with van der Waals surface area (Å²) in [5.41, 5.74) is 4.48. The Labute approximate surface area is 94.2 Å². The quantitative estimate of drug-likeness (QED) is 0.748. The zero-order chi connectivity index (χ0) is 9.97. The van der Waals surface area contributed by atoms with Gasteiger partial charge in [0.05, 0.1) is 0 Å². The molecule has 2 rings (SSSR count). The molecule has 1 heteroatoms. The Hall–Kier alpha value is -0.560. The van der Waals surface area contributed by atoms with Crippen molar-refractivity contribution in [2.45, 2.75) is 32.6 Å². The number of allylic oxidation sites excluding steroid dienone is 1. The summed E-state index contributed by atoms with van der Waals surface area (Å²) in [7, 11) is 0. The molecule has 0 saturated carbocycles. The van der Waals surface area contributed by atoms with E-state index in [0.29, 0.717) is 0 Å². The molecule has 0 bridgehead atoms. The van der Waals surface area contributed by atoms with Crippen molar-refractivity contribution in [3.63, 3.8) is 0 Å². The summed E-state index contributed by atoms with van der Waals surface area (Å²) in [6, 6.07) is 4.50. The summed E-state index contributed by atoms with van der Waals surface area (Å²) >= 11 is 3.57. The van der Waals surface area contributed by atoms with Crippen LogP contribution in [0.25, 0.3) is 6.08 Å². The molecule has 1 aromatic carbocycles. The van der Waals surface area contributed by atoms with E-state index in [9.17, 15) is 0 Å². The minimum Gasteiger partial charge on any atom is -0.0795 e.